The summed E-state index contributed by atoms with van der Waals surface area (Å²) in [6.45, 7) is 4.03. The number of nitrogens with zero attached hydrogens (tertiary/aromatic N) is 4. The molecule has 2 fully saturated rings. The molecule has 0 spiro atoms. The molecule has 0 bridgehead atoms. The lowest BCUT2D eigenvalue weighted by Crippen LogP contribution is -2.56. The minimum atomic E-state index is -0.470. The molecular formula is C19H26N6O4. The van der Waals surface area contributed by atoms with Crippen molar-refractivity contribution in [2.24, 2.45) is 0 Å². The smallest absolute Gasteiger partial charge is 0.286 e. The number of aromatic amines is 1. The Labute approximate surface area is 167 Å². The first-order valence-electron chi connectivity index (χ1n) is 9.98. The predicted octanol–water partition coefficient (Wildman–Crippen LogP) is 0.404. The average Bonchev–Trinajstić information content (AvgIpc) is 3.28. The Morgan fingerprint density at radius 2 is 2.21 bits per heavy atom. The highest BCUT2D eigenvalue weighted by Crippen LogP contribution is 2.42. The summed E-state index contributed by atoms with van der Waals surface area (Å²) in [7, 11) is 1.67. The highest BCUT2D eigenvalue weighted by atomic mass is 16.5. The van der Waals surface area contributed by atoms with Gasteiger partial charge in [0.25, 0.3) is 17.2 Å². The maximum Gasteiger partial charge on any atom is 0.286 e. The van der Waals surface area contributed by atoms with E-state index in [4.69, 9.17) is 4.74 Å². The Bertz CT molecular complexity index is 1010. The number of hydrogen-bond acceptors (Lipinski definition) is 6. The largest absolute Gasteiger partial charge is 0.376 e. The van der Waals surface area contributed by atoms with Crippen LogP contribution in [-0.2, 0) is 9.53 Å². The number of ether oxygens (including phenoxy) is 1. The molecule has 0 unspecified atom stereocenters. The van der Waals surface area contributed by atoms with Gasteiger partial charge in [-0.05, 0) is 32.6 Å². The zero-order valence-corrected chi connectivity index (χ0v) is 16.9. The number of carbonyl (C=O) groups is 2. The van der Waals surface area contributed by atoms with E-state index in [1.807, 2.05) is 6.92 Å². The topological polar surface area (TPSA) is 122 Å². The fourth-order valence-electron chi connectivity index (χ4n) is 4.66. The van der Waals surface area contributed by atoms with E-state index in [0.29, 0.717) is 31.6 Å². The van der Waals surface area contributed by atoms with E-state index in [2.05, 4.69) is 20.4 Å². The number of rotatable bonds is 4. The first-order valence-corrected chi connectivity index (χ1v) is 9.98. The summed E-state index contributed by atoms with van der Waals surface area (Å²) in [6.07, 6.45) is 4.59. The van der Waals surface area contributed by atoms with Gasteiger partial charge in [-0.2, -0.15) is 9.50 Å². The number of fused-ring (bicyclic) bond motifs is 2. The number of methoxy groups -OCH3 is 1. The number of H-pyrrole nitrogens is 1. The molecule has 3 atom stereocenters. The molecule has 0 aromatic carbocycles. The standard InChI is InChI=1S/C19H26N6O4/c1-4-15(26)22-12-5-6-19(29-3)7-8-24(14(19)9-12)16(27)13-10-20-18-21-11(2)23-25(18)17(13)28/h10,12,14H,4-9H2,1-3H3,(H,22,26)(H,20,21,23)/t12-,14+,19-/m1/s1. The molecule has 2 amide bonds. The monoisotopic (exact) mass is 402 g/mol. The highest BCUT2D eigenvalue weighted by molar-refractivity contribution is 5.94. The maximum atomic E-state index is 13.3. The van der Waals surface area contributed by atoms with Gasteiger partial charge in [0.2, 0.25) is 5.91 Å². The maximum absolute atomic E-state index is 13.3. The summed E-state index contributed by atoms with van der Waals surface area (Å²) in [5.74, 6) is 0.408. The third-order valence-corrected chi connectivity index (χ3v) is 6.25. The van der Waals surface area contributed by atoms with Crippen LogP contribution in [0.5, 0.6) is 0 Å². The first-order chi connectivity index (χ1) is 13.9. The van der Waals surface area contributed by atoms with Crippen molar-refractivity contribution in [1.82, 2.24) is 29.8 Å². The molecular weight excluding hydrogens is 376 g/mol. The molecule has 10 heteroatoms. The fraction of sp³-hybridized carbons (Fsp3) is 0.632. The van der Waals surface area contributed by atoms with Gasteiger partial charge in [0.15, 0.2) is 0 Å². The molecule has 10 nitrogen and oxygen atoms in total. The lowest BCUT2D eigenvalue weighted by Gasteiger charge is -2.43. The van der Waals surface area contributed by atoms with Gasteiger partial charge in [-0.3, -0.25) is 19.5 Å². The van der Waals surface area contributed by atoms with Crippen LogP contribution in [0.1, 0.15) is 55.2 Å². The van der Waals surface area contributed by atoms with Crippen molar-refractivity contribution >= 4 is 17.6 Å². The van der Waals surface area contributed by atoms with Crippen molar-refractivity contribution in [2.45, 2.75) is 63.6 Å². The molecule has 2 aromatic heterocycles. The van der Waals surface area contributed by atoms with Crippen molar-refractivity contribution in [3.8, 4) is 0 Å². The van der Waals surface area contributed by atoms with E-state index in [9.17, 15) is 14.4 Å². The fourth-order valence-corrected chi connectivity index (χ4v) is 4.66. The molecule has 1 aliphatic carbocycles. The van der Waals surface area contributed by atoms with Crippen molar-refractivity contribution in [3.05, 3.63) is 27.9 Å². The molecule has 2 N–H and O–H groups in total. The Kier molecular flexibility index (Phi) is 4.89. The van der Waals surface area contributed by atoms with Gasteiger partial charge in [-0.1, -0.05) is 6.92 Å². The van der Waals surface area contributed by atoms with Gasteiger partial charge in [-0.15, -0.1) is 0 Å². The van der Waals surface area contributed by atoms with Crippen LogP contribution < -0.4 is 10.9 Å². The van der Waals surface area contributed by atoms with Crippen LogP contribution in [0.2, 0.25) is 0 Å². The predicted molar refractivity (Wildman–Crippen MR) is 104 cm³/mol. The van der Waals surface area contributed by atoms with Crippen molar-refractivity contribution < 1.29 is 14.3 Å². The second-order valence-electron chi connectivity index (χ2n) is 7.85. The van der Waals surface area contributed by atoms with Gasteiger partial charge >= 0.3 is 0 Å². The van der Waals surface area contributed by atoms with E-state index in [1.54, 1.807) is 18.9 Å². The molecule has 4 rings (SSSR count). The van der Waals surface area contributed by atoms with E-state index in [-0.39, 0.29) is 35.2 Å². The normalized spacial score (nSPS) is 26.5. The number of aromatic nitrogens is 4. The lowest BCUT2D eigenvalue weighted by atomic mass is 9.78. The molecule has 1 aliphatic heterocycles. The number of carbonyl (C=O) groups excluding carboxylic acids is 2. The number of aryl methyl sites for hydroxylation is 1. The van der Waals surface area contributed by atoms with Crippen LogP contribution in [0.15, 0.2) is 11.0 Å². The van der Waals surface area contributed by atoms with Crippen LogP contribution in [0, 0.1) is 6.92 Å². The zero-order valence-electron chi connectivity index (χ0n) is 16.9. The summed E-state index contributed by atoms with van der Waals surface area (Å²) >= 11 is 0. The van der Waals surface area contributed by atoms with E-state index in [1.165, 1.54) is 10.7 Å². The Hall–Kier alpha value is -2.75. The third-order valence-electron chi connectivity index (χ3n) is 6.25. The van der Waals surface area contributed by atoms with E-state index < -0.39 is 11.2 Å². The van der Waals surface area contributed by atoms with Gasteiger partial charge in [-0.25, -0.2) is 4.98 Å². The summed E-state index contributed by atoms with van der Waals surface area (Å²) in [4.78, 5) is 47.9. The Morgan fingerprint density at radius 1 is 1.41 bits per heavy atom. The second-order valence-corrected chi connectivity index (χ2v) is 7.85. The number of amides is 2. The highest BCUT2D eigenvalue weighted by Gasteiger charge is 2.53. The molecule has 29 heavy (non-hydrogen) atoms. The van der Waals surface area contributed by atoms with E-state index in [0.717, 1.165) is 12.8 Å². The van der Waals surface area contributed by atoms with Crippen LogP contribution in [-0.4, -0.2) is 67.6 Å². The average molecular weight is 402 g/mol. The number of nitrogens with one attached hydrogen (secondary N) is 2. The molecule has 2 aromatic rings. The summed E-state index contributed by atoms with van der Waals surface area (Å²) < 4.78 is 7.07. The second kappa shape index (κ2) is 7.25. The Morgan fingerprint density at radius 3 is 2.93 bits per heavy atom. The van der Waals surface area contributed by atoms with Gasteiger partial charge in [0.05, 0.1) is 11.6 Å². The minimum Gasteiger partial charge on any atom is -0.376 e. The minimum absolute atomic E-state index is 0.00157. The SMILES string of the molecule is CCC(=O)N[C@@H]1CC[C@@]2(OC)CCN(C(=O)c3cnc4nc(C)[nH]n4c3=O)[C@H]2C1. The van der Waals surface area contributed by atoms with Crippen LogP contribution in [0.3, 0.4) is 0 Å². The van der Waals surface area contributed by atoms with Crippen LogP contribution >= 0.6 is 0 Å². The quantitative estimate of drug-likeness (QED) is 0.764. The van der Waals surface area contributed by atoms with E-state index >= 15 is 0 Å². The van der Waals surface area contributed by atoms with Crippen molar-refractivity contribution in [3.63, 3.8) is 0 Å². The molecule has 3 heterocycles. The number of likely N-dealkylation sites (tertiary alicyclic amines) is 1. The lowest BCUT2D eigenvalue weighted by molar-refractivity contribution is -0.122. The van der Waals surface area contributed by atoms with Crippen molar-refractivity contribution in [2.75, 3.05) is 13.7 Å². The van der Waals surface area contributed by atoms with Crippen molar-refractivity contribution in [1.29, 1.82) is 0 Å². The molecule has 156 valence electrons. The van der Waals surface area contributed by atoms with Gasteiger partial charge in [0, 0.05) is 32.3 Å². The molecule has 2 aliphatic rings. The third kappa shape index (κ3) is 3.21. The zero-order chi connectivity index (χ0) is 20.8. The van der Waals surface area contributed by atoms with Gasteiger partial charge in [0.1, 0.15) is 11.4 Å². The summed E-state index contributed by atoms with van der Waals surface area (Å²) in [5.41, 5.74) is -0.915. The number of hydrogen-bond donors (Lipinski definition) is 2. The molecule has 1 saturated carbocycles. The summed E-state index contributed by atoms with van der Waals surface area (Å²) in [6, 6.07) is -0.222. The van der Waals surface area contributed by atoms with Crippen LogP contribution in [0.4, 0.5) is 0 Å². The summed E-state index contributed by atoms with van der Waals surface area (Å²) in [5, 5.41) is 5.85. The van der Waals surface area contributed by atoms with Gasteiger partial charge < -0.3 is 15.0 Å². The van der Waals surface area contributed by atoms with Crippen LogP contribution in [0.25, 0.3) is 5.78 Å². The molecule has 0 radical (unpaired) electrons. The first kappa shape index (κ1) is 19.6. The Balaban J connectivity index is 1.64. The molecule has 1 saturated heterocycles.